The molecule has 0 unspecified atom stereocenters. The predicted molar refractivity (Wildman–Crippen MR) is 116 cm³/mol. The Balaban J connectivity index is 1.40. The van der Waals surface area contributed by atoms with Gasteiger partial charge in [-0.1, -0.05) is 48.0 Å². The molecule has 0 spiro atoms. The van der Waals surface area contributed by atoms with Crippen molar-refractivity contribution < 1.29 is 13.2 Å². The second kappa shape index (κ2) is 10.2. The lowest BCUT2D eigenvalue weighted by Crippen LogP contribution is -2.50. The maximum absolute atomic E-state index is 12.6. The zero-order valence-electron chi connectivity index (χ0n) is 16.3. The molecule has 0 radical (unpaired) electrons. The van der Waals surface area contributed by atoms with E-state index in [4.69, 9.17) is 11.6 Å². The van der Waals surface area contributed by atoms with E-state index in [0.717, 1.165) is 26.1 Å². The van der Waals surface area contributed by atoms with Crippen molar-refractivity contribution in [2.24, 2.45) is 0 Å². The number of carbonyl (C=O) groups excluding carboxylic acids is 1. The van der Waals surface area contributed by atoms with Crippen molar-refractivity contribution in [2.75, 3.05) is 45.0 Å². The lowest BCUT2D eigenvalue weighted by atomic mass is 10.1. The van der Waals surface area contributed by atoms with E-state index in [0.29, 0.717) is 23.7 Å². The third-order valence-corrected chi connectivity index (χ3v) is 7.12. The fraction of sp³-hybridized carbons (Fsp3) is 0.381. The van der Waals surface area contributed by atoms with Gasteiger partial charge in [0.15, 0.2) is 0 Å². The molecule has 6 nitrogen and oxygen atoms in total. The molecule has 2 aromatic rings. The molecule has 29 heavy (non-hydrogen) atoms. The molecule has 8 heteroatoms. The predicted octanol–water partition coefficient (Wildman–Crippen LogP) is 2.26. The van der Waals surface area contributed by atoms with Crippen LogP contribution in [0.1, 0.15) is 15.9 Å². The molecule has 156 valence electrons. The fourth-order valence-corrected chi connectivity index (χ4v) is 4.85. The topological polar surface area (TPSA) is 69.7 Å². The quantitative estimate of drug-likeness (QED) is 0.690. The van der Waals surface area contributed by atoms with Crippen LogP contribution in [0.3, 0.4) is 0 Å². The van der Waals surface area contributed by atoms with E-state index in [1.54, 1.807) is 24.3 Å². The van der Waals surface area contributed by atoms with E-state index in [9.17, 15) is 13.2 Å². The molecule has 1 N–H and O–H groups in total. The monoisotopic (exact) mass is 435 g/mol. The van der Waals surface area contributed by atoms with Crippen LogP contribution >= 0.6 is 11.6 Å². The first kappa shape index (κ1) is 21.8. The van der Waals surface area contributed by atoms with Crippen LogP contribution in [0.4, 0.5) is 0 Å². The molecule has 0 aliphatic carbocycles. The Hall–Kier alpha value is -1.93. The maximum Gasteiger partial charge on any atom is 0.251 e. The van der Waals surface area contributed by atoms with Gasteiger partial charge in [0, 0.05) is 49.9 Å². The normalized spacial score (nSPS) is 15.9. The first-order valence-electron chi connectivity index (χ1n) is 9.72. The van der Waals surface area contributed by atoms with Crippen LogP contribution in [0.5, 0.6) is 0 Å². The highest BCUT2D eigenvalue weighted by atomic mass is 35.5. The Morgan fingerprint density at radius 2 is 1.72 bits per heavy atom. The largest absolute Gasteiger partial charge is 0.351 e. The van der Waals surface area contributed by atoms with Gasteiger partial charge in [-0.2, -0.15) is 4.31 Å². The summed E-state index contributed by atoms with van der Waals surface area (Å²) in [6.07, 6.45) is 0.961. The van der Waals surface area contributed by atoms with Crippen LogP contribution in [-0.4, -0.2) is 68.6 Å². The molecule has 0 atom stereocenters. The number of nitrogens with one attached hydrogen (secondary N) is 1. The Labute approximate surface area is 177 Å². The van der Waals surface area contributed by atoms with Crippen molar-refractivity contribution in [1.29, 1.82) is 0 Å². The molecule has 0 aromatic heterocycles. The molecule has 1 fully saturated rings. The highest BCUT2D eigenvalue weighted by Crippen LogP contribution is 2.11. The molecule has 2 aromatic carbocycles. The van der Waals surface area contributed by atoms with E-state index in [-0.39, 0.29) is 18.2 Å². The van der Waals surface area contributed by atoms with Crippen LogP contribution in [0.25, 0.3) is 0 Å². The van der Waals surface area contributed by atoms with Gasteiger partial charge >= 0.3 is 0 Å². The van der Waals surface area contributed by atoms with Crippen molar-refractivity contribution in [3.05, 3.63) is 70.7 Å². The van der Waals surface area contributed by atoms with Gasteiger partial charge in [0.2, 0.25) is 10.0 Å². The van der Waals surface area contributed by atoms with Crippen molar-refractivity contribution in [1.82, 2.24) is 14.5 Å². The molecular weight excluding hydrogens is 410 g/mol. The molecule has 1 aliphatic heterocycles. The van der Waals surface area contributed by atoms with E-state index in [1.807, 2.05) is 18.2 Å². The summed E-state index contributed by atoms with van der Waals surface area (Å²) in [5.41, 5.74) is 1.71. The average Bonchev–Trinajstić information content (AvgIpc) is 2.73. The zero-order valence-corrected chi connectivity index (χ0v) is 17.8. The van der Waals surface area contributed by atoms with Crippen molar-refractivity contribution in [2.45, 2.75) is 6.42 Å². The van der Waals surface area contributed by atoms with Crippen LogP contribution < -0.4 is 5.32 Å². The summed E-state index contributed by atoms with van der Waals surface area (Å²) in [5, 5.41) is 3.12. The van der Waals surface area contributed by atoms with E-state index >= 15 is 0 Å². The van der Waals surface area contributed by atoms with Crippen LogP contribution in [0, 0.1) is 0 Å². The summed E-state index contributed by atoms with van der Waals surface area (Å²) in [4.78, 5) is 14.4. The van der Waals surface area contributed by atoms with Gasteiger partial charge in [-0.05, 0) is 30.2 Å². The Morgan fingerprint density at radius 1 is 1.00 bits per heavy atom. The minimum atomic E-state index is -3.39. The van der Waals surface area contributed by atoms with E-state index in [2.05, 4.69) is 22.3 Å². The zero-order chi connectivity index (χ0) is 20.7. The SMILES string of the molecule is O=C(NCCS(=O)(=O)N1CCN(CCc2ccccc2)CC1)c1cccc(Cl)c1. The highest BCUT2D eigenvalue weighted by molar-refractivity contribution is 7.89. The fourth-order valence-electron chi connectivity index (χ4n) is 3.32. The number of hydrogen-bond donors (Lipinski definition) is 1. The van der Waals surface area contributed by atoms with Crippen LogP contribution in [0.15, 0.2) is 54.6 Å². The molecule has 0 bridgehead atoms. The smallest absolute Gasteiger partial charge is 0.251 e. The number of amides is 1. The van der Waals surface area contributed by atoms with Gasteiger partial charge in [-0.15, -0.1) is 0 Å². The molecule has 3 rings (SSSR count). The maximum atomic E-state index is 12.6. The van der Waals surface area contributed by atoms with Gasteiger partial charge in [-0.3, -0.25) is 4.79 Å². The number of halogens is 1. The van der Waals surface area contributed by atoms with Crippen molar-refractivity contribution >= 4 is 27.5 Å². The number of rotatable bonds is 8. The minimum absolute atomic E-state index is 0.0713. The summed E-state index contributed by atoms with van der Waals surface area (Å²) in [7, 11) is -3.39. The Bertz CT molecular complexity index is 914. The number of piperazine rings is 1. The Morgan fingerprint density at radius 3 is 2.41 bits per heavy atom. The third kappa shape index (κ3) is 6.54. The molecule has 1 saturated heterocycles. The number of hydrogen-bond acceptors (Lipinski definition) is 4. The van der Waals surface area contributed by atoms with Crippen LogP contribution in [-0.2, 0) is 16.4 Å². The van der Waals surface area contributed by atoms with Gasteiger partial charge in [0.25, 0.3) is 5.91 Å². The van der Waals surface area contributed by atoms with Crippen molar-refractivity contribution in [3.63, 3.8) is 0 Å². The summed E-state index contributed by atoms with van der Waals surface area (Å²) < 4.78 is 26.7. The summed E-state index contributed by atoms with van der Waals surface area (Å²) in [6, 6.07) is 16.9. The lowest BCUT2D eigenvalue weighted by molar-refractivity contribution is 0.0956. The van der Waals surface area contributed by atoms with E-state index in [1.165, 1.54) is 9.87 Å². The summed E-state index contributed by atoms with van der Waals surface area (Å²) >= 11 is 5.88. The summed E-state index contributed by atoms with van der Waals surface area (Å²) in [6.45, 7) is 3.41. The van der Waals surface area contributed by atoms with Gasteiger partial charge in [-0.25, -0.2) is 8.42 Å². The first-order chi connectivity index (χ1) is 13.9. The number of carbonyl (C=O) groups is 1. The Kier molecular flexibility index (Phi) is 7.66. The average molecular weight is 436 g/mol. The summed E-state index contributed by atoms with van der Waals surface area (Å²) in [5.74, 6) is -0.433. The molecular formula is C21H26ClN3O3S. The standard InChI is InChI=1S/C21H26ClN3O3S/c22-20-8-4-7-19(17-20)21(26)23-10-16-29(27,28)25-14-12-24(13-15-25)11-9-18-5-2-1-3-6-18/h1-8,17H,9-16H2,(H,23,26). The molecule has 0 saturated carbocycles. The second-order valence-corrected chi connectivity index (χ2v) is 9.58. The van der Waals surface area contributed by atoms with Crippen LogP contribution in [0.2, 0.25) is 5.02 Å². The molecule has 1 amide bonds. The molecule has 1 heterocycles. The highest BCUT2D eigenvalue weighted by Gasteiger charge is 2.26. The van der Waals surface area contributed by atoms with Crippen molar-refractivity contribution in [3.8, 4) is 0 Å². The lowest BCUT2D eigenvalue weighted by Gasteiger charge is -2.34. The second-order valence-electron chi connectivity index (χ2n) is 7.06. The number of sulfonamides is 1. The van der Waals surface area contributed by atoms with Gasteiger partial charge in [0.1, 0.15) is 0 Å². The first-order valence-corrected chi connectivity index (χ1v) is 11.7. The minimum Gasteiger partial charge on any atom is -0.351 e. The number of benzene rings is 2. The molecule has 1 aliphatic rings. The van der Waals surface area contributed by atoms with E-state index < -0.39 is 10.0 Å². The third-order valence-electron chi connectivity index (χ3n) is 5.02. The number of nitrogens with zero attached hydrogens (tertiary/aromatic N) is 2. The van der Waals surface area contributed by atoms with Gasteiger partial charge < -0.3 is 10.2 Å². The van der Waals surface area contributed by atoms with Gasteiger partial charge in [0.05, 0.1) is 5.75 Å².